The molecule has 0 radical (unpaired) electrons. The van der Waals surface area contributed by atoms with Crippen LogP contribution < -0.4 is 16.6 Å². The lowest BCUT2D eigenvalue weighted by Gasteiger charge is -2.07. The van der Waals surface area contributed by atoms with Gasteiger partial charge < -0.3 is 10.7 Å². The first-order valence-electron chi connectivity index (χ1n) is 5.55. The fourth-order valence-corrected chi connectivity index (χ4v) is 2.98. The van der Waals surface area contributed by atoms with Gasteiger partial charge in [0.05, 0.1) is 6.54 Å². The van der Waals surface area contributed by atoms with Gasteiger partial charge in [-0.05, 0) is 41.1 Å². The summed E-state index contributed by atoms with van der Waals surface area (Å²) in [5.74, 6) is 5.64. The third-order valence-electron chi connectivity index (χ3n) is 2.41. The van der Waals surface area contributed by atoms with E-state index in [-0.39, 0.29) is 5.91 Å². The first-order chi connectivity index (χ1) is 9.08. The molecule has 0 aliphatic heterocycles. The maximum absolute atomic E-state index is 12.0. The monoisotopic (exact) mass is 340 g/mol. The number of halogens is 1. The molecule has 2 rings (SSSR count). The molecule has 19 heavy (non-hydrogen) atoms. The second-order valence-electron chi connectivity index (χ2n) is 3.94. The summed E-state index contributed by atoms with van der Waals surface area (Å²) >= 11 is 4.97. The fourth-order valence-electron chi connectivity index (χ4n) is 1.59. The highest BCUT2D eigenvalue weighted by atomic mass is 79.9. The van der Waals surface area contributed by atoms with E-state index < -0.39 is 0 Å². The summed E-state index contributed by atoms with van der Waals surface area (Å²) in [6.45, 7) is 2.32. The quantitative estimate of drug-likeness (QED) is 0.589. The first kappa shape index (κ1) is 14.0. The number of hydrogen-bond donors (Lipinski definition) is 3. The van der Waals surface area contributed by atoms with Crippen molar-refractivity contribution in [3.63, 3.8) is 0 Å². The Kier molecular flexibility index (Phi) is 4.52. The second kappa shape index (κ2) is 6.14. The van der Waals surface area contributed by atoms with E-state index in [9.17, 15) is 4.79 Å². The molecule has 0 aliphatic carbocycles. The number of nitrogens with two attached hydrogens (primary N) is 1. The Morgan fingerprint density at radius 2 is 2.26 bits per heavy atom. The first-order valence-corrected chi connectivity index (χ1v) is 7.22. The summed E-state index contributed by atoms with van der Waals surface area (Å²) in [5, 5.41) is 4.84. The molecule has 0 aromatic carbocycles. The molecule has 7 heteroatoms. The third-order valence-corrected chi connectivity index (χ3v) is 4.11. The van der Waals surface area contributed by atoms with Gasteiger partial charge in [0.25, 0.3) is 5.91 Å². The van der Waals surface area contributed by atoms with Gasteiger partial charge in [0.2, 0.25) is 0 Å². The Morgan fingerprint density at radius 1 is 1.47 bits per heavy atom. The lowest BCUT2D eigenvalue weighted by atomic mass is 10.2. The van der Waals surface area contributed by atoms with Crippen molar-refractivity contribution in [2.75, 3.05) is 5.43 Å². The molecule has 0 unspecified atom stereocenters. The Bertz CT molecular complexity index is 599. The molecular weight excluding hydrogens is 328 g/mol. The maximum Gasteiger partial charge on any atom is 0.251 e. The Hall–Kier alpha value is -1.44. The predicted molar refractivity (Wildman–Crippen MR) is 80.0 cm³/mol. The molecule has 2 aromatic rings. The van der Waals surface area contributed by atoms with Gasteiger partial charge in [0.15, 0.2) is 0 Å². The lowest BCUT2D eigenvalue weighted by molar-refractivity contribution is 0.0951. The highest BCUT2D eigenvalue weighted by Gasteiger charge is 2.08. The van der Waals surface area contributed by atoms with E-state index >= 15 is 0 Å². The average Bonchev–Trinajstić information content (AvgIpc) is 2.81. The number of amides is 1. The van der Waals surface area contributed by atoms with E-state index in [1.165, 1.54) is 0 Å². The minimum absolute atomic E-state index is 0.147. The zero-order valence-corrected chi connectivity index (χ0v) is 12.6. The van der Waals surface area contributed by atoms with Gasteiger partial charge in [-0.15, -0.1) is 11.3 Å². The molecule has 0 aliphatic rings. The van der Waals surface area contributed by atoms with Crippen LogP contribution in [0.4, 0.5) is 5.82 Å². The van der Waals surface area contributed by atoms with Gasteiger partial charge in [-0.1, -0.05) is 0 Å². The highest BCUT2D eigenvalue weighted by molar-refractivity contribution is 9.10. The molecule has 1 amide bonds. The summed E-state index contributed by atoms with van der Waals surface area (Å²) in [7, 11) is 0. The number of nitrogens with zero attached hydrogens (tertiary/aromatic N) is 1. The van der Waals surface area contributed by atoms with Crippen molar-refractivity contribution in [1.82, 2.24) is 10.3 Å². The van der Waals surface area contributed by atoms with Crippen molar-refractivity contribution in [2.24, 2.45) is 5.84 Å². The van der Waals surface area contributed by atoms with Gasteiger partial charge in [0, 0.05) is 26.0 Å². The zero-order chi connectivity index (χ0) is 13.8. The average molecular weight is 341 g/mol. The van der Waals surface area contributed by atoms with Crippen molar-refractivity contribution in [2.45, 2.75) is 13.5 Å². The van der Waals surface area contributed by atoms with E-state index in [0.29, 0.717) is 17.9 Å². The van der Waals surface area contributed by atoms with E-state index in [4.69, 9.17) is 5.84 Å². The van der Waals surface area contributed by atoms with Gasteiger partial charge in [0.1, 0.15) is 5.82 Å². The number of nitrogens with one attached hydrogen (secondary N) is 2. The van der Waals surface area contributed by atoms with Crippen LogP contribution in [0.1, 0.15) is 20.9 Å². The number of nitrogen functional groups attached to an aromatic ring is 1. The molecule has 100 valence electrons. The van der Waals surface area contributed by atoms with Crippen molar-refractivity contribution in [3.8, 4) is 0 Å². The normalized spacial score (nSPS) is 10.3. The standard InChI is InChI=1S/C12H13BrN4OS/c1-7-2-8(3-11(16-7)17-14)12(18)15-5-10-4-9(13)6-19-10/h2-4,6H,5,14H2,1H3,(H,15,18)(H,16,17). The molecule has 0 atom stereocenters. The predicted octanol–water partition coefficient (Wildman–Crippen LogP) is 2.43. The molecule has 2 aromatic heterocycles. The summed E-state index contributed by atoms with van der Waals surface area (Å²) in [4.78, 5) is 17.3. The number of thiophene rings is 1. The van der Waals surface area contributed by atoms with Crippen molar-refractivity contribution in [3.05, 3.63) is 44.2 Å². The second-order valence-corrected chi connectivity index (χ2v) is 5.85. The number of aromatic nitrogens is 1. The van der Waals surface area contributed by atoms with Crippen LogP contribution in [-0.2, 0) is 6.54 Å². The minimum Gasteiger partial charge on any atom is -0.347 e. The molecule has 0 fully saturated rings. The zero-order valence-electron chi connectivity index (χ0n) is 10.2. The summed E-state index contributed by atoms with van der Waals surface area (Å²) in [5.41, 5.74) is 3.72. The van der Waals surface area contributed by atoms with Crippen LogP contribution >= 0.6 is 27.3 Å². The molecule has 2 heterocycles. The van der Waals surface area contributed by atoms with Crippen LogP contribution in [0.3, 0.4) is 0 Å². The Morgan fingerprint density at radius 3 is 2.89 bits per heavy atom. The molecule has 4 N–H and O–H groups in total. The smallest absolute Gasteiger partial charge is 0.251 e. The molecule has 0 saturated carbocycles. The van der Waals surface area contributed by atoms with Crippen molar-refractivity contribution < 1.29 is 4.79 Å². The number of hydrogen-bond acceptors (Lipinski definition) is 5. The number of rotatable bonds is 4. The van der Waals surface area contributed by atoms with Crippen LogP contribution in [0.2, 0.25) is 0 Å². The number of aryl methyl sites for hydroxylation is 1. The van der Waals surface area contributed by atoms with E-state index in [0.717, 1.165) is 15.0 Å². The van der Waals surface area contributed by atoms with Crippen LogP contribution in [0.15, 0.2) is 28.1 Å². The number of hydrazine groups is 1. The summed E-state index contributed by atoms with van der Waals surface area (Å²) in [6.07, 6.45) is 0. The number of pyridine rings is 1. The van der Waals surface area contributed by atoms with Crippen LogP contribution in [0, 0.1) is 6.92 Å². The van der Waals surface area contributed by atoms with E-state index in [1.54, 1.807) is 23.5 Å². The molecule has 5 nitrogen and oxygen atoms in total. The third kappa shape index (κ3) is 3.76. The van der Waals surface area contributed by atoms with Gasteiger partial charge >= 0.3 is 0 Å². The number of carbonyl (C=O) groups is 1. The topological polar surface area (TPSA) is 80.0 Å². The Balaban J connectivity index is 2.05. The fraction of sp³-hybridized carbons (Fsp3) is 0.167. The maximum atomic E-state index is 12.0. The summed E-state index contributed by atoms with van der Waals surface area (Å²) in [6, 6.07) is 5.32. The molecule has 0 spiro atoms. The van der Waals surface area contributed by atoms with Crippen LogP contribution in [0.5, 0.6) is 0 Å². The van der Waals surface area contributed by atoms with Crippen molar-refractivity contribution in [1.29, 1.82) is 0 Å². The number of anilines is 1. The molecule has 0 saturated heterocycles. The van der Waals surface area contributed by atoms with Crippen LogP contribution in [0.25, 0.3) is 0 Å². The minimum atomic E-state index is -0.147. The molecule has 0 bridgehead atoms. The largest absolute Gasteiger partial charge is 0.347 e. The molecular formula is C12H13BrN4OS. The van der Waals surface area contributed by atoms with Gasteiger partial charge in [-0.25, -0.2) is 10.8 Å². The number of carbonyl (C=O) groups excluding carboxylic acids is 1. The van der Waals surface area contributed by atoms with E-state index in [2.05, 4.69) is 31.7 Å². The van der Waals surface area contributed by atoms with E-state index in [1.807, 2.05) is 18.4 Å². The van der Waals surface area contributed by atoms with Gasteiger partial charge in [-0.2, -0.15) is 0 Å². The highest BCUT2D eigenvalue weighted by Crippen LogP contribution is 2.19. The Labute approximate surface area is 123 Å². The van der Waals surface area contributed by atoms with Gasteiger partial charge in [-0.3, -0.25) is 4.79 Å². The lowest BCUT2D eigenvalue weighted by Crippen LogP contribution is -2.23. The van der Waals surface area contributed by atoms with Crippen molar-refractivity contribution >= 4 is 39.0 Å². The SMILES string of the molecule is Cc1cc(C(=O)NCc2cc(Br)cs2)cc(NN)n1. The summed E-state index contributed by atoms with van der Waals surface area (Å²) < 4.78 is 1.02. The van der Waals surface area contributed by atoms with Crippen LogP contribution in [-0.4, -0.2) is 10.9 Å².